The number of aliphatic hydroxyl groups excluding tert-OH is 1. The van der Waals surface area contributed by atoms with Crippen molar-refractivity contribution in [3.05, 3.63) is 113 Å². The Bertz CT molecular complexity index is 2570. The Morgan fingerprint density at radius 2 is 1.69 bits per heavy atom. The smallest absolute Gasteiger partial charge is 0.312 e. The number of nitriles is 1. The van der Waals surface area contributed by atoms with Gasteiger partial charge in [0, 0.05) is 67.8 Å². The van der Waals surface area contributed by atoms with Crippen LogP contribution in [0.25, 0.3) is 17.0 Å². The third kappa shape index (κ3) is 15.0. The zero-order valence-electron chi connectivity index (χ0n) is 38.5. The fraction of sp³-hybridized carbons (Fsp3) is 0.353. The first-order chi connectivity index (χ1) is 32.7. The molecular formula is C51H58N8O9. The van der Waals surface area contributed by atoms with E-state index in [1.807, 2.05) is 48.3 Å². The number of imide groups is 1. The van der Waals surface area contributed by atoms with E-state index < -0.39 is 23.9 Å². The second-order valence-electron chi connectivity index (χ2n) is 16.8. The fourth-order valence-corrected chi connectivity index (χ4v) is 7.65. The first-order valence-electron chi connectivity index (χ1n) is 22.5. The van der Waals surface area contributed by atoms with Crippen molar-refractivity contribution in [1.29, 1.82) is 5.26 Å². The molecule has 0 saturated carbocycles. The number of primary amides is 1. The molecule has 17 heteroatoms. The summed E-state index contributed by atoms with van der Waals surface area (Å²) in [6.07, 6.45) is 7.71. The first-order valence-corrected chi connectivity index (χ1v) is 22.5. The number of anilines is 3. The molecule has 356 valence electrons. The number of amides is 6. The number of aromatic nitrogens is 1. The lowest BCUT2D eigenvalue weighted by atomic mass is 9.89. The molecule has 3 aromatic carbocycles. The Balaban J connectivity index is 1.12. The van der Waals surface area contributed by atoms with Crippen molar-refractivity contribution in [1.82, 2.24) is 20.5 Å². The summed E-state index contributed by atoms with van der Waals surface area (Å²) in [5, 5.41) is 28.7. The standard InChI is InChI=1S/C51H58N8O9/c1-33(2)49(57-46(63)13-5-4-8-25-59-47(64)22-23-48(59)65)45(62)27-36(10-9-24-54-51(53)67)50(66)56-38-18-14-34(15-19-38)31-68-32-41(61)21-17-35-26-40(20-16-37(35)30-60)58(3)44-28-39(29-52)55-43-12-7-6-11-42(43)44/h6-7,11-12,14-23,26,28,33,36,49,60H,4-5,8-10,13,24-25,27,30-32H2,1-3H3,(H,56,66)(H,57,63)(H3,53,54,67)/b21-17+/t36-,49+/m1/s1. The third-order valence-electron chi connectivity index (χ3n) is 11.4. The average molecular weight is 927 g/mol. The van der Waals surface area contributed by atoms with Crippen LogP contribution < -0.4 is 26.6 Å². The molecule has 6 amide bonds. The molecule has 5 rings (SSSR count). The number of carbonyl (C=O) groups excluding carboxylic acids is 7. The Morgan fingerprint density at radius 3 is 2.38 bits per heavy atom. The van der Waals surface area contributed by atoms with Crippen LogP contribution in [0.5, 0.6) is 0 Å². The average Bonchev–Trinajstić information content (AvgIpc) is 3.65. The number of nitrogens with zero attached hydrogens (tertiary/aromatic N) is 4. The molecule has 0 spiro atoms. The van der Waals surface area contributed by atoms with Gasteiger partial charge in [-0.05, 0) is 90.8 Å². The number of ether oxygens (including phenoxy) is 1. The second-order valence-corrected chi connectivity index (χ2v) is 16.8. The lowest BCUT2D eigenvalue weighted by Gasteiger charge is -2.24. The number of hydrogen-bond donors (Lipinski definition) is 5. The lowest BCUT2D eigenvalue weighted by Crippen LogP contribution is -2.45. The second kappa shape index (κ2) is 25.4. The molecule has 1 aliphatic heterocycles. The van der Waals surface area contributed by atoms with Crippen molar-refractivity contribution in [3.63, 3.8) is 0 Å². The van der Waals surface area contributed by atoms with E-state index in [0.717, 1.165) is 27.2 Å². The monoisotopic (exact) mass is 926 g/mol. The van der Waals surface area contributed by atoms with E-state index in [2.05, 4.69) is 27.0 Å². The Morgan fingerprint density at radius 1 is 0.956 bits per heavy atom. The van der Waals surface area contributed by atoms with E-state index in [0.29, 0.717) is 48.0 Å². The van der Waals surface area contributed by atoms with Gasteiger partial charge >= 0.3 is 6.03 Å². The van der Waals surface area contributed by atoms with Gasteiger partial charge in [0.2, 0.25) is 11.8 Å². The number of nitrogens with one attached hydrogen (secondary N) is 3. The summed E-state index contributed by atoms with van der Waals surface area (Å²) in [6.45, 7) is 3.72. The maximum atomic E-state index is 13.7. The predicted molar refractivity (Wildman–Crippen MR) is 257 cm³/mol. The van der Waals surface area contributed by atoms with Crippen molar-refractivity contribution < 1.29 is 43.4 Å². The minimum Gasteiger partial charge on any atom is -0.392 e. The number of urea groups is 1. The number of aliphatic hydroxyl groups is 1. The molecule has 68 heavy (non-hydrogen) atoms. The van der Waals surface area contributed by atoms with Gasteiger partial charge in [0.1, 0.15) is 18.4 Å². The number of unbranched alkanes of at least 4 members (excludes halogenated alkanes) is 2. The summed E-state index contributed by atoms with van der Waals surface area (Å²) in [6, 6.07) is 22.1. The summed E-state index contributed by atoms with van der Waals surface area (Å²) in [5.41, 5.74) is 10.2. The van der Waals surface area contributed by atoms with Gasteiger partial charge in [-0.1, -0.05) is 62.7 Å². The molecule has 0 aliphatic carbocycles. The SMILES string of the molecule is CC(C)[C@H](NC(=O)CCCCCN1C(=O)C=CC1=O)C(=O)C[C@@H](CCCNC(N)=O)C(=O)Nc1ccc(COCC(=O)/C=C/c2cc(N(C)c3cc(C#N)nc4ccccc34)ccc2CO)cc1. The van der Waals surface area contributed by atoms with Gasteiger partial charge < -0.3 is 36.4 Å². The highest BCUT2D eigenvalue weighted by molar-refractivity contribution is 6.12. The van der Waals surface area contributed by atoms with Crippen LogP contribution in [0, 0.1) is 23.2 Å². The van der Waals surface area contributed by atoms with E-state index in [-0.39, 0.29) is 93.1 Å². The van der Waals surface area contributed by atoms with E-state index in [1.54, 1.807) is 56.3 Å². The zero-order chi connectivity index (χ0) is 49.2. The van der Waals surface area contributed by atoms with Crippen LogP contribution in [0.1, 0.15) is 81.2 Å². The van der Waals surface area contributed by atoms with E-state index in [9.17, 15) is 43.9 Å². The fourth-order valence-electron chi connectivity index (χ4n) is 7.65. The highest BCUT2D eigenvalue weighted by Crippen LogP contribution is 2.32. The predicted octanol–water partition coefficient (Wildman–Crippen LogP) is 5.75. The number of nitrogens with two attached hydrogens (primary N) is 1. The van der Waals surface area contributed by atoms with Crippen molar-refractivity contribution >= 4 is 75.3 Å². The topological polar surface area (TPSA) is 254 Å². The van der Waals surface area contributed by atoms with Crippen LogP contribution in [0.3, 0.4) is 0 Å². The summed E-state index contributed by atoms with van der Waals surface area (Å²) in [5.74, 6) is -3.11. The molecule has 1 aromatic heterocycles. The van der Waals surface area contributed by atoms with Crippen molar-refractivity contribution in [2.75, 3.05) is 37.0 Å². The van der Waals surface area contributed by atoms with Gasteiger partial charge in [0.25, 0.3) is 11.8 Å². The minimum atomic E-state index is -0.842. The largest absolute Gasteiger partial charge is 0.392 e. The van der Waals surface area contributed by atoms with Crippen LogP contribution in [0.4, 0.5) is 21.9 Å². The number of benzene rings is 3. The highest BCUT2D eigenvalue weighted by atomic mass is 16.5. The Kier molecular flexibility index (Phi) is 19.2. The first kappa shape index (κ1) is 51.4. The van der Waals surface area contributed by atoms with Gasteiger partial charge in [0.15, 0.2) is 11.6 Å². The van der Waals surface area contributed by atoms with Crippen molar-refractivity contribution in [2.24, 2.45) is 17.6 Å². The molecule has 0 saturated heterocycles. The maximum Gasteiger partial charge on any atom is 0.312 e. The molecule has 17 nitrogen and oxygen atoms in total. The molecule has 0 unspecified atom stereocenters. The molecule has 6 N–H and O–H groups in total. The number of rotatable bonds is 26. The third-order valence-corrected chi connectivity index (χ3v) is 11.4. The molecular weight excluding hydrogens is 869 g/mol. The number of ketones is 2. The van der Waals surface area contributed by atoms with Gasteiger partial charge in [-0.15, -0.1) is 0 Å². The molecule has 4 aromatic rings. The highest BCUT2D eigenvalue weighted by Gasteiger charge is 2.30. The van der Waals surface area contributed by atoms with Crippen LogP contribution in [-0.4, -0.2) is 89.0 Å². The van der Waals surface area contributed by atoms with Gasteiger partial charge in [-0.3, -0.25) is 33.7 Å². The van der Waals surface area contributed by atoms with Gasteiger partial charge in [-0.25, -0.2) is 9.78 Å². The van der Waals surface area contributed by atoms with E-state index in [4.69, 9.17) is 10.5 Å². The van der Waals surface area contributed by atoms with E-state index >= 15 is 0 Å². The Hall–Kier alpha value is -7.55. The lowest BCUT2D eigenvalue weighted by molar-refractivity contribution is -0.137. The van der Waals surface area contributed by atoms with Crippen LogP contribution >= 0.6 is 0 Å². The molecule has 1 aliphatic rings. The van der Waals surface area contributed by atoms with Crippen LogP contribution in [-0.2, 0) is 46.7 Å². The number of para-hydroxylation sites is 1. The summed E-state index contributed by atoms with van der Waals surface area (Å²) in [4.78, 5) is 95.3. The van der Waals surface area contributed by atoms with Gasteiger partial charge in [0.05, 0.1) is 30.5 Å². The molecule has 0 radical (unpaired) electrons. The summed E-state index contributed by atoms with van der Waals surface area (Å²) in [7, 11) is 1.87. The van der Waals surface area contributed by atoms with Crippen molar-refractivity contribution in [3.8, 4) is 6.07 Å². The number of fused-ring (bicyclic) bond motifs is 1. The number of pyridine rings is 1. The minimum absolute atomic E-state index is 0.102. The molecule has 0 fully saturated rings. The van der Waals surface area contributed by atoms with Crippen LogP contribution in [0.2, 0.25) is 0 Å². The van der Waals surface area contributed by atoms with Crippen molar-refractivity contribution in [2.45, 2.75) is 78.0 Å². The summed E-state index contributed by atoms with van der Waals surface area (Å²) >= 11 is 0. The quantitative estimate of drug-likeness (QED) is 0.0287. The molecule has 2 heterocycles. The van der Waals surface area contributed by atoms with Gasteiger partial charge in [-0.2, -0.15) is 5.26 Å². The summed E-state index contributed by atoms with van der Waals surface area (Å²) < 4.78 is 5.70. The molecule has 0 bridgehead atoms. The molecule has 2 atom stereocenters. The maximum absolute atomic E-state index is 13.7. The van der Waals surface area contributed by atoms with Crippen LogP contribution in [0.15, 0.2) is 91.0 Å². The normalized spacial score (nSPS) is 13.1. The Labute approximate surface area is 395 Å². The zero-order valence-corrected chi connectivity index (χ0v) is 38.5. The van der Waals surface area contributed by atoms with E-state index in [1.165, 1.54) is 18.2 Å². The number of hydrogen-bond acceptors (Lipinski definition) is 12. The number of Topliss-reactive ketones (excluding diaryl/α,β-unsaturated/α-hetero) is 1. The number of carbonyl (C=O) groups is 7.